The quantitative estimate of drug-likeness (QED) is 0.885. The average Bonchev–Trinajstić information content (AvgIpc) is 2.93. The van der Waals surface area contributed by atoms with Crippen LogP contribution in [0, 0.1) is 0 Å². The SMILES string of the molecule is CCC(NCc1cccc(C(F)(F)F)c1)c1nccs1. The molecule has 0 radical (unpaired) electrons. The maximum atomic E-state index is 12.6. The molecule has 1 atom stereocenters. The highest BCUT2D eigenvalue weighted by Gasteiger charge is 2.30. The first kappa shape index (κ1) is 15.0. The van der Waals surface area contributed by atoms with E-state index in [1.165, 1.54) is 12.1 Å². The second kappa shape index (κ2) is 6.37. The molecule has 2 aromatic rings. The minimum absolute atomic E-state index is 0.0737. The molecule has 0 aliphatic heterocycles. The molecule has 0 aliphatic rings. The van der Waals surface area contributed by atoms with Crippen molar-refractivity contribution in [2.75, 3.05) is 0 Å². The molecule has 6 heteroatoms. The summed E-state index contributed by atoms with van der Waals surface area (Å²) in [5.74, 6) is 0. The summed E-state index contributed by atoms with van der Waals surface area (Å²) in [4.78, 5) is 4.23. The molecule has 1 aromatic carbocycles. The third-order valence-electron chi connectivity index (χ3n) is 2.96. The van der Waals surface area contributed by atoms with Crippen molar-refractivity contribution in [2.24, 2.45) is 0 Å². The maximum absolute atomic E-state index is 12.6. The van der Waals surface area contributed by atoms with Crippen molar-refractivity contribution in [2.45, 2.75) is 32.1 Å². The van der Waals surface area contributed by atoms with Crippen molar-refractivity contribution in [3.8, 4) is 0 Å². The van der Waals surface area contributed by atoms with E-state index in [1.807, 2.05) is 12.3 Å². The van der Waals surface area contributed by atoms with Crippen LogP contribution in [0.5, 0.6) is 0 Å². The second-order valence-electron chi connectivity index (χ2n) is 4.41. The molecule has 0 fully saturated rings. The van der Waals surface area contributed by atoms with Crippen LogP contribution in [-0.2, 0) is 12.7 Å². The van der Waals surface area contributed by atoms with E-state index in [9.17, 15) is 13.2 Å². The van der Waals surface area contributed by atoms with Crippen molar-refractivity contribution in [1.82, 2.24) is 10.3 Å². The Hall–Kier alpha value is -1.40. The van der Waals surface area contributed by atoms with E-state index in [1.54, 1.807) is 23.6 Å². The van der Waals surface area contributed by atoms with Gasteiger partial charge in [-0.3, -0.25) is 0 Å². The molecule has 20 heavy (non-hydrogen) atoms. The molecule has 0 saturated carbocycles. The van der Waals surface area contributed by atoms with E-state index in [2.05, 4.69) is 10.3 Å². The number of hydrogen-bond acceptors (Lipinski definition) is 3. The second-order valence-corrected chi connectivity index (χ2v) is 5.34. The molecule has 1 heterocycles. The van der Waals surface area contributed by atoms with Crippen molar-refractivity contribution >= 4 is 11.3 Å². The summed E-state index contributed by atoms with van der Waals surface area (Å²) < 4.78 is 37.9. The topological polar surface area (TPSA) is 24.9 Å². The monoisotopic (exact) mass is 300 g/mol. The Balaban J connectivity index is 2.03. The number of alkyl halides is 3. The number of aromatic nitrogens is 1. The first-order valence-electron chi connectivity index (χ1n) is 6.29. The molecule has 0 amide bonds. The number of benzene rings is 1. The number of hydrogen-bond donors (Lipinski definition) is 1. The van der Waals surface area contributed by atoms with Gasteiger partial charge in [0.1, 0.15) is 5.01 Å². The first-order chi connectivity index (χ1) is 9.50. The Kier molecular flexibility index (Phi) is 4.77. The molecule has 0 saturated heterocycles. The lowest BCUT2D eigenvalue weighted by atomic mass is 10.1. The predicted octanol–water partition coefficient (Wildman–Crippen LogP) is 4.40. The molecule has 108 valence electrons. The van der Waals surface area contributed by atoms with Gasteiger partial charge in [-0.1, -0.05) is 25.1 Å². The highest BCUT2D eigenvalue weighted by atomic mass is 32.1. The van der Waals surface area contributed by atoms with Gasteiger partial charge in [0.25, 0.3) is 0 Å². The number of nitrogens with one attached hydrogen (secondary N) is 1. The lowest BCUT2D eigenvalue weighted by Crippen LogP contribution is -2.20. The molecule has 0 spiro atoms. The molecule has 0 bridgehead atoms. The molecule has 0 aliphatic carbocycles. The Labute approximate surface area is 119 Å². The summed E-state index contributed by atoms with van der Waals surface area (Å²) in [5, 5.41) is 6.10. The summed E-state index contributed by atoms with van der Waals surface area (Å²) in [6, 6.07) is 5.47. The van der Waals surface area contributed by atoms with E-state index in [4.69, 9.17) is 0 Å². The van der Waals surface area contributed by atoms with Crippen LogP contribution in [0.15, 0.2) is 35.8 Å². The summed E-state index contributed by atoms with van der Waals surface area (Å²) in [6.45, 7) is 2.41. The van der Waals surface area contributed by atoms with E-state index in [0.29, 0.717) is 12.1 Å². The van der Waals surface area contributed by atoms with Gasteiger partial charge in [0.05, 0.1) is 11.6 Å². The van der Waals surface area contributed by atoms with Crippen molar-refractivity contribution in [3.63, 3.8) is 0 Å². The minimum Gasteiger partial charge on any atom is -0.304 e. The van der Waals surface area contributed by atoms with Gasteiger partial charge in [-0.15, -0.1) is 11.3 Å². The van der Waals surface area contributed by atoms with E-state index < -0.39 is 11.7 Å². The number of halogens is 3. The van der Waals surface area contributed by atoms with Crippen LogP contribution in [0.25, 0.3) is 0 Å². The van der Waals surface area contributed by atoms with Crippen LogP contribution in [0.3, 0.4) is 0 Å². The Bertz CT molecular complexity index is 538. The van der Waals surface area contributed by atoms with Gasteiger partial charge in [0.15, 0.2) is 0 Å². The molecule has 1 N–H and O–H groups in total. The fourth-order valence-corrected chi connectivity index (χ4v) is 2.71. The number of nitrogens with zero attached hydrogens (tertiary/aromatic N) is 1. The lowest BCUT2D eigenvalue weighted by Gasteiger charge is -2.15. The maximum Gasteiger partial charge on any atom is 0.416 e. The number of rotatable bonds is 5. The first-order valence-corrected chi connectivity index (χ1v) is 7.17. The highest BCUT2D eigenvalue weighted by molar-refractivity contribution is 7.09. The molecule has 2 rings (SSSR count). The summed E-state index contributed by atoms with van der Waals surface area (Å²) >= 11 is 1.54. The summed E-state index contributed by atoms with van der Waals surface area (Å²) in [6.07, 6.45) is -1.73. The molecule has 1 aromatic heterocycles. The van der Waals surface area contributed by atoms with Crippen LogP contribution in [0.2, 0.25) is 0 Å². The van der Waals surface area contributed by atoms with Gasteiger partial charge in [-0.2, -0.15) is 13.2 Å². The Morgan fingerprint density at radius 1 is 1.35 bits per heavy atom. The highest BCUT2D eigenvalue weighted by Crippen LogP contribution is 2.29. The third-order valence-corrected chi connectivity index (χ3v) is 3.85. The average molecular weight is 300 g/mol. The van der Waals surface area contributed by atoms with Gasteiger partial charge < -0.3 is 5.32 Å². The van der Waals surface area contributed by atoms with Crippen LogP contribution in [0.4, 0.5) is 13.2 Å². The van der Waals surface area contributed by atoms with Crippen LogP contribution < -0.4 is 5.32 Å². The largest absolute Gasteiger partial charge is 0.416 e. The standard InChI is InChI=1S/C14H15F3N2S/c1-2-12(13-18-6-7-20-13)19-9-10-4-3-5-11(8-10)14(15,16)17/h3-8,12,19H,2,9H2,1H3. The lowest BCUT2D eigenvalue weighted by molar-refractivity contribution is -0.137. The number of thiazole rings is 1. The van der Waals surface area contributed by atoms with Crippen molar-refractivity contribution in [1.29, 1.82) is 0 Å². The fourth-order valence-electron chi connectivity index (χ4n) is 1.91. The zero-order chi connectivity index (χ0) is 14.6. The molecular weight excluding hydrogens is 285 g/mol. The molecule has 1 unspecified atom stereocenters. The van der Waals surface area contributed by atoms with Crippen LogP contribution in [-0.4, -0.2) is 4.98 Å². The Morgan fingerprint density at radius 3 is 2.75 bits per heavy atom. The Morgan fingerprint density at radius 2 is 2.15 bits per heavy atom. The van der Waals surface area contributed by atoms with Gasteiger partial charge >= 0.3 is 6.18 Å². The zero-order valence-corrected chi connectivity index (χ0v) is 11.8. The summed E-state index contributed by atoms with van der Waals surface area (Å²) in [7, 11) is 0. The normalized spacial score (nSPS) is 13.4. The van der Waals surface area contributed by atoms with Gasteiger partial charge in [-0.25, -0.2) is 4.98 Å². The predicted molar refractivity (Wildman–Crippen MR) is 73.4 cm³/mol. The van der Waals surface area contributed by atoms with Crippen molar-refractivity contribution in [3.05, 3.63) is 52.0 Å². The van der Waals surface area contributed by atoms with E-state index in [0.717, 1.165) is 17.5 Å². The van der Waals surface area contributed by atoms with Gasteiger partial charge in [0.2, 0.25) is 0 Å². The fraction of sp³-hybridized carbons (Fsp3) is 0.357. The third kappa shape index (κ3) is 3.80. The van der Waals surface area contributed by atoms with E-state index in [-0.39, 0.29) is 6.04 Å². The smallest absolute Gasteiger partial charge is 0.304 e. The van der Waals surface area contributed by atoms with E-state index >= 15 is 0 Å². The minimum atomic E-state index is -4.30. The van der Waals surface area contributed by atoms with Crippen LogP contribution >= 0.6 is 11.3 Å². The molecular formula is C14H15F3N2S. The van der Waals surface area contributed by atoms with Crippen LogP contribution in [0.1, 0.15) is 35.5 Å². The van der Waals surface area contributed by atoms with Crippen molar-refractivity contribution < 1.29 is 13.2 Å². The van der Waals surface area contributed by atoms with Gasteiger partial charge in [0, 0.05) is 18.1 Å². The van der Waals surface area contributed by atoms with Gasteiger partial charge in [-0.05, 0) is 18.1 Å². The molecule has 2 nitrogen and oxygen atoms in total. The summed E-state index contributed by atoms with van der Waals surface area (Å²) in [5.41, 5.74) is 0.00827. The zero-order valence-electron chi connectivity index (χ0n) is 10.9.